The number of thiazole rings is 1. The molecule has 1 amide bonds. The van der Waals surface area contributed by atoms with E-state index in [0.29, 0.717) is 25.2 Å². The summed E-state index contributed by atoms with van der Waals surface area (Å²) in [6.07, 6.45) is 0.710. The number of hydrogen-bond donors (Lipinski definition) is 2. The summed E-state index contributed by atoms with van der Waals surface area (Å²) in [7, 11) is 0. The predicted octanol–water partition coefficient (Wildman–Crippen LogP) is 0.444. The van der Waals surface area contributed by atoms with E-state index in [1.165, 1.54) is 11.3 Å². The second-order valence-corrected chi connectivity index (χ2v) is 4.39. The van der Waals surface area contributed by atoms with Gasteiger partial charge in [0.15, 0.2) is 0 Å². The maximum atomic E-state index is 11.5. The quantitative estimate of drug-likeness (QED) is 0.814. The van der Waals surface area contributed by atoms with E-state index in [0.717, 1.165) is 5.01 Å². The van der Waals surface area contributed by atoms with Gasteiger partial charge >= 0.3 is 0 Å². The molecule has 0 atom stereocenters. The van der Waals surface area contributed by atoms with E-state index in [1.807, 2.05) is 6.92 Å². The van der Waals surface area contributed by atoms with Crippen LogP contribution in [0.4, 0.5) is 0 Å². The molecule has 0 aliphatic rings. The Bertz CT molecular complexity index is 536. The van der Waals surface area contributed by atoms with Crippen LogP contribution in [0.1, 0.15) is 22.6 Å². The van der Waals surface area contributed by atoms with Gasteiger partial charge in [-0.2, -0.15) is 4.98 Å². The van der Waals surface area contributed by atoms with E-state index in [-0.39, 0.29) is 17.6 Å². The highest BCUT2D eigenvalue weighted by molar-refractivity contribution is 7.09. The molecular weight excluding hydrogens is 254 g/mol. The molecule has 0 fully saturated rings. The van der Waals surface area contributed by atoms with Gasteiger partial charge < -0.3 is 15.6 Å². The van der Waals surface area contributed by atoms with Gasteiger partial charge in [0.1, 0.15) is 5.69 Å². The smallest absolute Gasteiger partial charge is 0.292 e. The standard InChI is InChI=1S/C10H13N5O2S/c1-2-12-9(16)8-14-10(17-15-8)6-5-18-7(13-6)3-4-11/h5H,2-4,11H2,1H3,(H,12,16). The fourth-order valence-corrected chi connectivity index (χ4v) is 2.09. The highest BCUT2D eigenvalue weighted by Crippen LogP contribution is 2.20. The fourth-order valence-electron chi connectivity index (χ4n) is 1.31. The van der Waals surface area contributed by atoms with Crippen molar-refractivity contribution in [3.8, 4) is 11.6 Å². The van der Waals surface area contributed by atoms with E-state index in [1.54, 1.807) is 5.38 Å². The van der Waals surface area contributed by atoms with Crippen molar-refractivity contribution >= 4 is 17.2 Å². The molecule has 2 aromatic rings. The van der Waals surface area contributed by atoms with E-state index in [2.05, 4.69) is 20.4 Å². The van der Waals surface area contributed by atoms with Crippen LogP contribution in [0, 0.1) is 0 Å². The predicted molar refractivity (Wildman–Crippen MR) is 66.2 cm³/mol. The first-order valence-electron chi connectivity index (χ1n) is 5.51. The van der Waals surface area contributed by atoms with Gasteiger partial charge in [0.2, 0.25) is 0 Å². The number of rotatable bonds is 5. The largest absolute Gasteiger partial charge is 0.349 e. The van der Waals surface area contributed by atoms with Crippen molar-refractivity contribution in [3.05, 3.63) is 16.2 Å². The zero-order valence-corrected chi connectivity index (χ0v) is 10.7. The van der Waals surface area contributed by atoms with E-state index >= 15 is 0 Å². The number of carbonyl (C=O) groups is 1. The minimum absolute atomic E-state index is 0.0141. The van der Waals surface area contributed by atoms with Crippen molar-refractivity contribution in [2.75, 3.05) is 13.1 Å². The number of hydrogen-bond acceptors (Lipinski definition) is 7. The van der Waals surface area contributed by atoms with Gasteiger partial charge in [0.05, 0.1) is 5.01 Å². The molecule has 0 aliphatic carbocycles. The molecule has 2 heterocycles. The summed E-state index contributed by atoms with van der Waals surface area (Å²) >= 11 is 1.48. The molecule has 2 rings (SSSR count). The zero-order chi connectivity index (χ0) is 13.0. The molecule has 0 radical (unpaired) electrons. The molecule has 3 N–H and O–H groups in total. The van der Waals surface area contributed by atoms with Crippen LogP contribution in [-0.4, -0.2) is 34.1 Å². The second kappa shape index (κ2) is 5.69. The maximum absolute atomic E-state index is 11.5. The number of aromatic nitrogens is 3. The van der Waals surface area contributed by atoms with Crippen molar-refractivity contribution in [2.24, 2.45) is 5.73 Å². The van der Waals surface area contributed by atoms with Gasteiger partial charge in [-0.05, 0) is 13.5 Å². The molecule has 8 heteroatoms. The van der Waals surface area contributed by atoms with Gasteiger partial charge in [-0.25, -0.2) is 4.98 Å². The summed E-state index contributed by atoms with van der Waals surface area (Å²) in [4.78, 5) is 19.8. The van der Waals surface area contributed by atoms with Gasteiger partial charge in [0, 0.05) is 18.3 Å². The van der Waals surface area contributed by atoms with Gasteiger partial charge in [0.25, 0.3) is 17.6 Å². The molecule has 18 heavy (non-hydrogen) atoms. The normalized spacial score (nSPS) is 10.6. The second-order valence-electron chi connectivity index (χ2n) is 3.45. The Kier molecular flexibility index (Phi) is 4.00. The van der Waals surface area contributed by atoms with Crippen molar-refractivity contribution in [2.45, 2.75) is 13.3 Å². The van der Waals surface area contributed by atoms with Crippen LogP contribution in [0.2, 0.25) is 0 Å². The molecule has 2 aromatic heterocycles. The molecule has 0 saturated carbocycles. The average molecular weight is 267 g/mol. The van der Waals surface area contributed by atoms with Crippen LogP contribution in [0.15, 0.2) is 9.90 Å². The Morgan fingerprint density at radius 3 is 3.11 bits per heavy atom. The minimum atomic E-state index is -0.357. The molecule has 0 saturated heterocycles. The molecule has 0 unspecified atom stereocenters. The lowest BCUT2D eigenvalue weighted by Crippen LogP contribution is -2.23. The lowest BCUT2D eigenvalue weighted by molar-refractivity contribution is 0.0942. The van der Waals surface area contributed by atoms with Crippen molar-refractivity contribution < 1.29 is 9.32 Å². The molecular formula is C10H13N5O2S. The van der Waals surface area contributed by atoms with Crippen LogP contribution in [-0.2, 0) is 6.42 Å². The van der Waals surface area contributed by atoms with Crippen molar-refractivity contribution in [1.29, 1.82) is 0 Å². The summed E-state index contributed by atoms with van der Waals surface area (Å²) in [5.41, 5.74) is 6.02. The summed E-state index contributed by atoms with van der Waals surface area (Å²) < 4.78 is 5.00. The summed E-state index contributed by atoms with van der Waals surface area (Å²) in [6.45, 7) is 2.87. The van der Waals surface area contributed by atoms with Crippen molar-refractivity contribution in [3.63, 3.8) is 0 Å². The number of amides is 1. The molecule has 0 bridgehead atoms. The molecule has 0 aromatic carbocycles. The summed E-state index contributed by atoms with van der Waals surface area (Å²) in [5.74, 6) is -0.0964. The van der Waals surface area contributed by atoms with E-state index < -0.39 is 0 Å². The topological polar surface area (TPSA) is 107 Å². The van der Waals surface area contributed by atoms with Crippen LogP contribution in [0.5, 0.6) is 0 Å². The van der Waals surface area contributed by atoms with Gasteiger partial charge in [-0.1, -0.05) is 5.16 Å². The first kappa shape index (κ1) is 12.7. The number of nitrogens with zero attached hydrogens (tertiary/aromatic N) is 3. The Morgan fingerprint density at radius 1 is 1.56 bits per heavy atom. The lowest BCUT2D eigenvalue weighted by atomic mass is 10.4. The summed E-state index contributed by atoms with van der Waals surface area (Å²) in [5, 5.41) is 8.92. The fraction of sp³-hybridized carbons (Fsp3) is 0.400. The van der Waals surface area contributed by atoms with E-state index in [9.17, 15) is 4.79 Å². The van der Waals surface area contributed by atoms with E-state index in [4.69, 9.17) is 10.3 Å². The average Bonchev–Trinajstić information content (AvgIpc) is 2.97. The Hall–Kier alpha value is -1.80. The van der Waals surface area contributed by atoms with Crippen LogP contribution in [0.25, 0.3) is 11.6 Å². The number of nitrogens with one attached hydrogen (secondary N) is 1. The van der Waals surface area contributed by atoms with Gasteiger partial charge in [-0.15, -0.1) is 11.3 Å². The molecule has 0 spiro atoms. The number of nitrogens with two attached hydrogens (primary N) is 1. The van der Waals surface area contributed by atoms with Crippen molar-refractivity contribution in [1.82, 2.24) is 20.4 Å². The maximum Gasteiger partial charge on any atom is 0.292 e. The summed E-state index contributed by atoms with van der Waals surface area (Å²) in [6, 6.07) is 0. The zero-order valence-electron chi connectivity index (χ0n) is 9.84. The molecule has 96 valence electrons. The third-order valence-corrected chi connectivity index (χ3v) is 3.00. The van der Waals surface area contributed by atoms with Gasteiger partial charge in [-0.3, -0.25) is 4.79 Å². The monoisotopic (exact) mass is 267 g/mol. The lowest BCUT2D eigenvalue weighted by Gasteiger charge is -1.93. The molecule has 7 nitrogen and oxygen atoms in total. The SMILES string of the molecule is CCNC(=O)c1noc(-c2csc(CCN)n2)n1. The number of carbonyl (C=O) groups excluding carboxylic acids is 1. The van der Waals surface area contributed by atoms with Crippen LogP contribution in [0.3, 0.4) is 0 Å². The minimum Gasteiger partial charge on any atom is -0.349 e. The third kappa shape index (κ3) is 2.71. The highest BCUT2D eigenvalue weighted by atomic mass is 32.1. The third-order valence-electron chi connectivity index (χ3n) is 2.10. The highest BCUT2D eigenvalue weighted by Gasteiger charge is 2.16. The van der Waals surface area contributed by atoms with Crippen LogP contribution >= 0.6 is 11.3 Å². The first-order valence-corrected chi connectivity index (χ1v) is 6.39. The Labute approximate surface area is 107 Å². The Morgan fingerprint density at radius 2 is 2.39 bits per heavy atom. The first-order chi connectivity index (χ1) is 8.74. The van der Waals surface area contributed by atoms with Crippen LogP contribution < -0.4 is 11.1 Å². The molecule has 0 aliphatic heterocycles. The Balaban J connectivity index is 2.15.